The first-order valence-corrected chi connectivity index (χ1v) is 9.39. The van der Waals surface area contributed by atoms with Gasteiger partial charge in [-0.25, -0.2) is 0 Å². The van der Waals surface area contributed by atoms with Crippen molar-refractivity contribution in [1.29, 1.82) is 0 Å². The van der Waals surface area contributed by atoms with Crippen LogP contribution >= 0.6 is 19.0 Å². The molecular weight excluding hydrogens is 343 g/mol. The molecule has 0 aromatic heterocycles. The largest absolute Gasteiger partial charge is 0.434 e. The predicted octanol–water partition coefficient (Wildman–Crippen LogP) is 5.14. The zero-order chi connectivity index (χ0) is 16.7. The third kappa shape index (κ3) is 2.29. The summed E-state index contributed by atoms with van der Waals surface area (Å²) in [6, 6.07) is 20.8. The molecule has 0 spiro atoms. The lowest BCUT2D eigenvalue weighted by Crippen LogP contribution is -2.23. The molecule has 0 N–H and O–H groups in total. The molecule has 0 bridgehead atoms. The number of benzene rings is 3. The molecule has 1 unspecified atom stereocenters. The standard InChI is InChI=1S/C19H12ClO3P/c20-14-11-9-13(10-12-14)19(21)24(22)18-8-4-2-6-16(18)15-5-1-3-7-17(15)23-24/h1-12H. The smallest absolute Gasteiger partial charge is 0.347 e. The minimum absolute atomic E-state index is 0.317. The van der Waals surface area contributed by atoms with E-state index in [1.165, 1.54) is 0 Å². The van der Waals surface area contributed by atoms with Gasteiger partial charge in [-0.05, 0) is 42.0 Å². The SMILES string of the molecule is O=C(c1ccc(Cl)cc1)P1(=O)Oc2ccccc2-c2ccccc21. The Hall–Kier alpha value is -2.35. The van der Waals surface area contributed by atoms with Crippen LogP contribution in [0.4, 0.5) is 0 Å². The van der Waals surface area contributed by atoms with Crippen molar-refractivity contribution in [2.45, 2.75) is 0 Å². The highest BCUT2D eigenvalue weighted by Crippen LogP contribution is 2.56. The first-order valence-electron chi connectivity index (χ1n) is 7.39. The van der Waals surface area contributed by atoms with Gasteiger partial charge in [-0.1, -0.05) is 48.0 Å². The van der Waals surface area contributed by atoms with Crippen LogP contribution in [0, 0.1) is 0 Å². The zero-order valence-corrected chi connectivity index (χ0v) is 14.1. The molecule has 1 heterocycles. The normalized spacial score (nSPS) is 18.2. The minimum atomic E-state index is -3.75. The van der Waals surface area contributed by atoms with Gasteiger partial charge in [0, 0.05) is 16.1 Å². The lowest BCUT2D eigenvalue weighted by Gasteiger charge is -2.27. The summed E-state index contributed by atoms with van der Waals surface area (Å²) in [7, 11) is -3.75. The Morgan fingerprint density at radius 1 is 0.833 bits per heavy atom. The molecule has 3 nitrogen and oxygen atoms in total. The van der Waals surface area contributed by atoms with Crippen LogP contribution in [0.2, 0.25) is 5.02 Å². The Morgan fingerprint density at radius 2 is 1.46 bits per heavy atom. The molecule has 0 radical (unpaired) electrons. The number of para-hydroxylation sites is 1. The van der Waals surface area contributed by atoms with Gasteiger partial charge in [-0.2, -0.15) is 0 Å². The van der Waals surface area contributed by atoms with E-state index in [1.54, 1.807) is 48.5 Å². The highest BCUT2D eigenvalue weighted by molar-refractivity contribution is 7.84. The van der Waals surface area contributed by atoms with Crippen molar-refractivity contribution in [3.8, 4) is 16.9 Å². The second-order valence-electron chi connectivity index (χ2n) is 5.47. The van der Waals surface area contributed by atoms with Crippen molar-refractivity contribution >= 4 is 29.8 Å². The monoisotopic (exact) mass is 354 g/mol. The number of hydrogen-bond acceptors (Lipinski definition) is 3. The van der Waals surface area contributed by atoms with Gasteiger partial charge in [0.05, 0.1) is 5.30 Å². The van der Waals surface area contributed by atoms with Crippen molar-refractivity contribution in [3.63, 3.8) is 0 Å². The van der Waals surface area contributed by atoms with E-state index in [2.05, 4.69) is 0 Å². The van der Waals surface area contributed by atoms with Gasteiger partial charge in [0.25, 0.3) is 5.52 Å². The third-order valence-corrected chi connectivity index (χ3v) is 6.51. The highest BCUT2D eigenvalue weighted by Gasteiger charge is 2.43. The predicted molar refractivity (Wildman–Crippen MR) is 95.5 cm³/mol. The summed E-state index contributed by atoms with van der Waals surface area (Å²) >= 11 is 5.87. The summed E-state index contributed by atoms with van der Waals surface area (Å²) in [5, 5.41) is 0.948. The van der Waals surface area contributed by atoms with E-state index in [9.17, 15) is 9.36 Å². The summed E-state index contributed by atoms with van der Waals surface area (Å²) in [6.45, 7) is 0. The van der Waals surface area contributed by atoms with E-state index < -0.39 is 12.9 Å². The van der Waals surface area contributed by atoms with Gasteiger partial charge < -0.3 is 4.52 Å². The quantitative estimate of drug-likeness (QED) is 0.598. The molecule has 24 heavy (non-hydrogen) atoms. The molecule has 0 aliphatic carbocycles. The Kier molecular flexibility index (Phi) is 3.56. The number of rotatable bonds is 2. The molecular formula is C19H12ClO3P. The maximum Gasteiger partial charge on any atom is 0.347 e. The van der Waals surface area contributed by atoms with Gasteiger partial charge in [-0.15, -0.1) is 0 Å². The minimum Gasteiger partial charge on any atom is -0.434 e. The molecule has 118 valence electrons. The van der Waals surface area contributed by atoms with Crippen molar-refractivity contribution in [2.24, 2.45) is 0 Å². The fourth-order valence-corrected chi connectivity index (χ4v) is 5.07. The average molecular weight is 355 g/mol. The van der Waals surface area contributed by atoms with E-state index in [0.717, 1.165) is 11.1 Å². The third-order valence-electron chi connectivity index (χ3n) is 3.98. The number of carbonyl (C=O) groups excluding carboxylic acids is 1. The topological polar surface area (TPSA) is 43.4 Å². The molecule has 4 rings (SSSR count). The Morgan fingerprint density at radius 3 is 2.21 bits per heavy atom. The maximum absolute atomic E-state index is 13.6. The van der Waals surface area contributed by atoms with Crippen molar-refractivity contribution in [2.75, 3.05) is 0 Å². The van der Waals surface area contributed by atoms with E-state index >= 15 is 0 Å². The molecule has 3 aromatic carbocycles. The van der Waals surface area contributed by atoms with E-state index in [0.29, 0.717) is 21.6 Å². The van der Waals surface area contributed by atoms with Gasteiger partial charge in [0.2, 0.25) is 0 Å². The van der Waals surface area contributed by atoms with Crippen LogP contribution < -0.4 is 9.83 Å². The van der Waals surface area contributed by atoms with Crippen LogP contribution in [-0.4, -0.2) is 5.52 Å². The zero-order valence-electron chi connectivity index (χ0n) is 12.5. The summed E-state index contributed by atoms with van der Waals surface area (Å²) in [4.78, 5) is 13.0. The van der Waals surface area contributed by atoms with Gasteiger partial charge >= 0.3 is 7.37 Å². The van der Waals surface area contributed by atoms with Crippen LogP contribution in [0.15, 0.2) is 72.8 Å². The number of fused-ring (bicyclic) bond motifs is 3. The second kappa shape index (κ2) is 5.62. The summed E-state index contributed by atoms with van der Waals surface area (Å²) in [6.07, 6.45) is 0. The molecule has 1 aliphatic rings. The molecule has 0 saturated heterocycles. The van der Waals surface area contributed by atoms with E-state index in [4.69, 9.17) is 16.1 Å². The molecule has 1 atom stereocenters. The molecule has 3 aromatic rings. The summed E-state index contributed by atoms with van der Waals surface area (Å²) in [5.74, 6) is 0.460. The second-order valence-corrected chi connectivity index (χ2v) is 8.08. The fourth-order valence-electron chi connectivity index (χ4n) is 2.83. The number of halogens is 1. The molecule has 5 heteroatoms. The van der Waals surface area contributed by atoms with Crippen molar-refractivity contribution < 1.29 is 13.9 Å². The van der Waals surface area contributed by atoms with Gasteiger partial charge in [0.15, 0.2) is 0 Å². The first-order chi connectivity index (χ1) is 11.6. The van der Waals surface area contributed by atoms with Gasteiger partial charge in [-0.3, -0.25) is 9.36 Å². The van der Waals surface area contributed by atoms with Crippen LogP contribution in [0.3, 0.4) is 0 Å². The molecule has 0 saturated carbocycles. The Balaban J connectivity index is 1.91. The Bertz CT molecular complexity index is 996. The van der Waals surface area contributed by atoms with Crippen molar-refractivity contribution in [1.82, 2.24) is 0 Å². The summed E-state index contributed by atoms with van der Waals surface area (Å²) < 4.78 is 19.4. The molecule has 1 aliphatic heterocycles. The Labute approximate surface area is 144 Å². The van der Waals surface area contributed by atoms with E-state index in [-0.39, 0.29) is 0 Å². The number of hydrogen-bond donors (Lipinski definition) is 0. The lowest BCUT2D eigenvalue weighted by atomic mass is 10.0. The number of carbonyl (C=O) groups is 1. The highest BCUT2D eigenvalue weighted by atomic mass is 35.5. The van der Waals surface area contributed by atoms with E-state index in [1.807, 2.05) is 24.3 Å². The average Bonchev–Trinajstić information content (AvgIpc) is 2.62. The van der Waals surface area contributed by atoms with Crippen LogP contribution in [0.5, 0.6) is 5.75 Å². The van der Waals surface area contributed by atoms with Crippen LogP contribution in [0.1, 0.15) is 10.4 Å². The lowest BCUT2D eigenvalue weighted by molar-refractivity contribution is 0.106. The first kappa shape index (κ1) is 15.2. The van der Waals surface area contributed by atoms with Gasteiger partial charge in [0.1, 0.15) is 5.75 Å². The van der Waals surface area contributed by atoms with Crippen LogP contribution in [0.25, 0.3) is 11.1 Å². The molecule has 0 amide bonds. The molecule has 0 fully saturated rings. The van der Waals surface area contributed by atoms with Crippen molar-refractivity contribution in [3.05, 3.63) is 83.4 Å². The maximum atomic E-state index is 13.6. The fraction of sp³-hybridized carbons (Fsp3) is 0. The summed E-state index contributed by atoms with van der Waals surface area (Å²) in [5.41, 5.74) is 1.39. The van der Waals surface area contributed by atoms with Crippen LogP contribution in [-0.2, 0) is 4.57 Å².